The summed E-state index contributed by atoms with van der Waals surface area (Å²) >= 11 is 0. The number of ether oxygens (including phenoxy) is 1. The van der Waals surface area contributed by atoms with Crippen molar-refractivity contribution in [2.45, 2.75) is 51.7 Å². The van der Waals surface area contributed by atoms with Crippen LogP contribution in [0.25, 0.3) is 0 Å². The van der Waals surface area contributed by atoms with Gasteiger partial charge in [0.25, 0.3) is 0 Å². The number of alkyl carbamates (subject to hydrolysis) is 1. The third kappa shape index (κ3) is 6.81. The van der Waals surface area contributed by atoms with E-state index in [1.807, 2.05) is 20.8 Å². The predicted octanol–water partition coefficient (Wildman–Crippen LogP) is 1.36. The minimum Gasteiger partial charge on any atom is -0.444 e. The Balaban J connectivity index is 2.16. The van der Waals surface area contributed by atoms with Crippen LogP contribution in [0, 0.1) is 0 Å². The first kappa shape index (κ1) is 15.2. The van der Waals surface area contributed by atoms with E-state index in [2.05, 4.69) is 10.2 Å². The molecule has 0 aromatic carbocycles. The molecule has 2 N–H and O–H groups in total. The van der Waals surface area contributed by atoms with Crippen LogP contribution in [0.3, 0.4) is 0 Å². The zero-order valence-corrected chi connectivity index (χ0v) is 11.7. The second-order valence-corrected chi connectivity index (χ2v) is 5.90. The molecule has 0 bridgehead atoms. The summed E-state index contributed by atoms with van der Waals surface area (Å²) in [7, 11) is 0. The SMILES string of the molecule is CC(C)(C)OC(=O)NC[C@H](O)CN1CCCCC1. The van der Waals surface area contributed by atoms with Crippen molar-refractivity contribution >= 4 is 6.09 Å². The van der Waals surface area contributed by atoms with Crippen LogP contribution in [0.5, 0.6) is 0 Å². The summed E-state index contributed by atoms with van der Waals surface area (Å²) in [6.45, 7) is 8.40. The number of aliphatic hydroxyl groups is 1. The molecular formula is C13H26N2O3. The number of β-amino-alcohol motifs (C(OH)–C–C–N with tert-alkyl or cyclic N) is 1. The molecule has 1 aliphatic heterocycles. The van der Waals surface area contributed by atoms with E-state index in [-0.39, 0.29) is 6.54 Å². The highest BCUT2D eigenvalue weighted by atomic mass is 16.6. The van der Waals surface area contributed by atoms with E-state index in [0.29, 0.717) is 6.54 Å². The number of nitrogens with zero attached hydrogens (tertiary/aromatic N) is 1. The summed E-state index contributed by atoms with van der Waals surface area (Å²) in [5, 5.41) is 12.4. The number of piperidine rings is 1. The molecule has 1 saturated heterocycles. The first-order valence-corrected chi connectivity index (χ1v) is 6.74. The summed E-state index contributed by atoms with van der Waals surface area (Å²) in [5.74, 6) is 0. The Kier molecular flexibility index (Phi) is 5.88. The van der Waals surface area contributed by atoms with E-state index in [1.54, 1.807) is 0 Å². The van der Waals surface area contributed by atoms with Gasteiger partial charge in [-0.15, -0.1) is 0 Å². The molecule has 0 saturated carbocycles. The maximum atomic E-state index is 11.4. The van der Waals surface area contributed by atoms with Crippen molar-refractivity contribution in [3.8, 4) is 0 Å². The first-order valence-electron chi connectivity index (χ1n) is 6.74. The summed E-state index contributed by atoms with van der Waals surface area (Å²) < 4.78 is 5.10. The standard InChI is InChI=1S/C13H26N2O3/c1-13(2,3)18-12(17)14-9-11(16)10-15-7-5-4-6-8-15/h11,16H,4-10H2,1-3H3,(H,14,17)/t11-/m0/s1. The number of nitrogens with one attached hydrogen (secondary N) is 1. The zero-order valence-electron chi connectivity index (χ0n) is 11.7. The molecule has 106 valence electrons. The smallest absolute Gasteiger partial charge is 0.407 e. The summed E-state index contributed by atoms with van der Waals surface area (Å²) in [6.07, 6.45) is 2.68. The Bertz CT molecular complexity index is 257. The quantitative estimate of drug-likeness (QED) is 0.799. The van der Waals surface area contributed by atoms with E-state index in [0.717, 1.165) is 13.1 Å². The van der Waals surface area contributed by atoms with E-state index < -0.39 is 17.8 Å². The minimum absolute atomic E-state index is 0.241. The van der Waals surface area contributed by atoms with Gasteiger partial charge in [-0.2, -0.15) is 0 Å². The molecule has 0 spiro atoms. The highest BCUT2D eigenvalue weighted by Gasteiger charge is 2.18. The van der Waals surface area contributed by atoms with Crippen LogP contribution in [0.2, 0.25) is 0 Å². The van der Waals surface area contributed by atoms with Gasteiger partial charge in [0.2, 0.25) is 0 Å². The van der Waals surface area contributed by atoms with Crippen LogP contribution in [-0.4, -0.2) is 54.0 Å². The number of carbonyl (C=O) groups is 1. The van der Waals surface area contributed by atoms with Gasteiger partial charge >= 0.3 is 6.09 Å². The van der Waals surface area contributed by atoms with Crippen LogP contribution in [-0.2, 0) is 4.74 Å². The Hall–Kier alpha value is -0.810. The molecule has 1 fully saturated rings. The third-order valence-corrected chi connectivity index (χ3v) is 2.80. The van der Waals surface area contributed by atoms with E-state index in [9.17, 15) is 9.90 Å². The molecule has 1 atom stereocenters. The average Bonchev–Trinajstić information content (AvgIpc) is 2.25. The lowest BCUT2D eigenvalue weighted by atomic mass is 10.1. The maximum absolute atomic E-state index is 11.4. The van der Waals surface area contributed by atoms with Gasteiger partial charge in [0, 0.05) is 13.1 Å². The van der Waals surface area contributed by atoms with Crippen LogP contribution in [0.4, 0.5) is 4.79 Å². The van der Waals surface area contributed by atoms with E-state index in [4.69, 9.17) is 4.74 Å². The van der Waals surface area contributed by atoms with Gasteiger partial charge in [0.05, 0.1) is 6.10 Å². The Morgan fingerprint density at radius 2 is 1.94 bits per heavy atom. The van der Waals surface area contributed by atoms with Crippen LogP contribution >= 0.6 is 0 Å². The molecule has 0 radical (unpaired) electrons. The molecule has 5 heteroatoms. The van der Waals surface area contributed by atoms with Gasteiger partial charge in [-0.1, -0.05) is 6.42 Å². The Morgan fingerprint density at radius 1 is 1.33 bits per heavy atom. The molecule has 18 heavy (non-hydrogen) atoms. The van der Waals surface area contributed by atoms with Gasteiger partial charge in [-0.05, 0) is 46.7 Å². The zero-order chi connectivity index (χ0) is 13.6. The summed E-state index contributed by atoms with van der Waals surface area (Å²) in [4.78, 5) is 13.6. The second-order valence-electron chi connectivity index (χ2n) is 5.90. The number of hydrogen-bond donors (Lipinski definition) is 2. The molecule has 0 aromatic rings. The fraction of sp³-hybridized carbons (Fsp3) is 0.923. The van der Waals surface area contributed by atoms with Crippen LogP contribution < -0.4 is 5.32 Å². The van der Waals surface area contributed by atoms with Crippen molar-refractivity contribution in [2.24, 2.45) is 0 Å². The van der Waals surface area contributed by atoms with Crippen molar-refractivity contribution in [1.82, 2.24) is 10.2 Å². The molecule has 0 aromatic heterocycles. The molecule has 1 rings (SSSR count). The van der Waals surface area contributed by atoms with E-state index >= 15 is 0 Å². The molecule has 1 aliphatic rings. The molecule has 0 aliphatic carbocycles. The van der Waals surface area contributed by atoms with Crippen LogP contribution in [0.1, 0.15) is 40.0 Å². The maximum Gasteiger partial charge on any atom is 0.407 e. The number of carbonyl (C=O) groups excluding carboxylic acids is 1. The molecular weight excluding hydrogens is 232 g/mol. The average molecular weight is 258 g/mol. The lowest BCUT2D eigenvalue weighted by molar-refractivity contribution is 0.0462. The fourth-order valence-corrected chi connectivity index (χ4v) is 2.02. The third-order valence-electron chi connectivity index (χ3n) is 2.80. The Labute approximate surface area is 109 Å². The normalized spacial score (nSPS) is 19.3. The largest absolute Gasteiger partial charge is 0.444 e. The number of likely N-dealkylation sites (tertiary alicyclic amines) is 1. The van der Waals surface area contributed by atoms with Gasteiger partial charge in [-0.25, -0.2) is 4.79 Å². The fourth-order valence-electron chi connectivity index (χ4n) is 2.02. The topological polar surface area (TPSA) is 61.8 Å². The highest BCUT2D eigenvalue weighted by molar-refractivity contribution is 5.67. The van der Waals surface area contributed by atoms with Crippen molar-refractivity contribution < 1.29 is 14.6 Å². The van der Waals surface area contributed by atoms with Gasteiger partial charge in [-0.3, -0.25) is 0 Å². The van der Waals surface area contributed by atoms with Gasteiger partial charge < -0.3 is 20.1 Å². The van der Waals surface area contributed by atoms with Gasteiger partial charge in [0.1, 0.15) is 5.60 Å². The Morgan fingerprint density at radius 3 is 2.50 bits per heavy atom. The summed E-state index contributed by atoms with van der Waals surface area (Å²) in [6, 6.07) is 0. The van der Waals surface area contributed by atoms with E-state index in [1.165, 1.54) is 19.3 Å². The van der Waals surface area contributed by atoms with Crippen molar-refractivity contribution in [1.29, 1.82) is 0 Å². The number of hydrogen-bond acceptors (Lipinski definition) is 4. The van der Waals surface area contributed by atoms with Crippen molar-refractivity contribution in [3.63, 3.8) is 0 Å². The summed E-state index contributed by atoms with van der Waals surface area (Å²) in [5.41, 5.74) is -0.498. The molecule has 0 unspecified atom stereocenters. The molecule has 5 nitrogen and oxygen atoms in total. The predicted molar refractivity (Wildman–Crippen MR) is 70.5 cm³/mol. The lowest BCUT2D eigenvalue weighted by Crippen LogP contribution is -2.43. The monoisotopic (exact) mass is 258 g/mol. The lowest BCUT2D eigenvalue weighted by Gasteiger charge is -2.28. The van der Waals surface area contributed by atoms with Gasteiger partial charge in [0.15, 0.2) is 0 Å². The number of amides is 1. The van der Waals surface area contributed by atoms with Crippen LogP contribution in [0.15, 0.2) is 0 Å². The van der Waals surface area contributed by atoms with Crippen molar-refractivity contribution in [3.05, 3.63) is 0 Å². The molecule has 1 amide bonds. The first-order chi connectivity index (χ1) is 8.37. The number of aliphatic hydroxyl groups excluding tert-OH is 1. The second kappa shape index (κ2) is 6.95. The van der Waals surface area contributed by atoms with Crippen molar-refractivity contribution in [2.75, 3.05) is 26.2 Å². The highest BCUT2D eigenvalue weighted by Crippen LogP contribution is 2.09. The number of rotatable bonds is 4. The minimum atomic E-state index is -0.532. The molecule has 1 heterocycles.